The first-order valence-electron chi connectivity index (χ1n) is 5.71. The molecule has 0 aliphatic rings. The molecule has 0 amide bonds. The van der Waals surface area contributed by atoms with Gasteiger partial charge in [-0.25, -0.2) is 0 Å². The average molecular weight is 217 g/mol. The van der Waals surface area contributed by atoms with Gasteiger partial charge < -0.3 is 9.84 Å². The second-order valence-electron chi connectivity index (χ2n) is 3.47. The van der Waals surface area contributed by atoms with Gasteiger partial charge in [0.05, 0.1) is 6.61 Å². The number of carboxylic acid groups (broad SMARTS) is 1. The summed E-state index contributed by atoms with van der Waals surface area (Å²) in [5, 5.41) is 9.08. The first-order valence-corrected chi connectivity index (χ1v) is 5.71. The van der Waals surface area contributed by atoms with Gasteiger partial charge in [-0.05, 0) is 19.9 Å². The fourth-order valence-corrected chi connectivity index (χ4v) is 1.60. The maximum Gasteiger partial charge on any atom is 0.320 e. The second kappa shape index (κ2) is 8.68. The highest BCUT2D eigenvalue weighted by Crippen LogP contribution is 2.07. The molecule has 0 spiro atoms. The molecule has 0 saturated carbocycles. The Labute approximate surface area is 92.2 Å². The van der Waals surface area contributed by atoms with Gasteiger partial charge in [0, 0.05) is 13.2 Å². The monoisotopic (exact) mass is 217 g/mol. The van der Waals surface area contributed by atoms with Gasteiger partial charge in [-0.15, -0.1) is 0 Å². The highest BCUT2D eigenvalue weighted by atomic mass is 16.5. The molecule has 0 bridgehead atoms. The Balaban J connectivity index is 4.12. The van der Waals surface area contributed by atoms with Gasteiger partial charge in [-0.1, -0.05) is 20.3 Å². The van der Waals surface area contributed by atoms with Gasteiger partial charge in [0.2, 0.25) is 0 Å². The number of hydrogen-bond acceptors (Lipinski definition) is 3. The predicted octanol–water partition coefficient (Wildman–Crippen LogP) is 1.60. The summed E-state index contributed by atoms with van der Waals surface area (Å²) in [5.74, 6) is -0.727. The van der Waals surface area contributed by atoms with Crippen LogP contribution in [-0.4, -0.2) is 48.3 Å². The minimum atomic E-state index is -0.727. The fraction of sp³-hybridized carbons (Fsp3) is 0.909. The van der Waals surface area contributed by atoms with E-state index >= 15 is 0 Å². The third-order valence-corrected chi connectivity index (χ3v) is 2.42. The van der Waals surface area contributed by atoms with Crippen LogP contribution in [-0.2, 0) is 9.53 Å². The second-order valence-corrected chi connectivity index (χ2v) is 3.47. The minimum absolute atomic E-state index is 0.361. The van der Waals surface area contributed by atoms with E-state index in [1.54, 1.807) is 0 Å². The third kappa shape index (κ3) is 5.74. The maximum atomic E-state index is 11.0. The summed E-state index contributed by atoms with van der Waals surface area (Å²) in [4.78, 5) is 13.0. The molecule has 1 N–H and O–H groups in total. The van der Waals surface area contributed by atoms with Crippen LogP contribution in [0.5, 0.6) is 0 Å². The van der Waals surface area contributed by atoms with Crippen molar-refractivity contribution in [3.8, 4) is 0 Å². The Kier molecular flexibility index (Phi) is 8.33. The van der Waals surface area contributed by atoms with Crippen molar-refractivity contribution in [3.63, 3.8) is 0 Å². The lowest BCUT2D eigenvalue weighted by Crippen LogP contribution is -2.42. The first-order chi connectivity index (χ1) is 7.17. The Morgan fingerprint density at radius 3 is 2.47 bits per heavy atom. The molecule has 4 nitrogen and oxygen atoms in total. The van der Waals surface area contributed by atoms with E-state index in [9.17, 15) is 4.79 Å². The molecule has 0 aliphatic carbocycles. The zero-order chi connectivity index (χ0) is 11.7. The molecule has 0 aromatic heterocycles. The van der Waals surface area contributed by atoms with E-state index in [0.29, 0.717) is 26.2 Å². The summed E-state index contributed by atoms with van der Waals surface area (Å²) in [6, 6.07) is -0.361. The molecule has 1 atom stereocenters. The van der Waals surface area contributed by atoms with Crippen molar-refractivity contribution in [2.45, 2.75) is 39.7 Å². The zero-order valence-corrected chi connectivity index (χ0v) is 10.0. The van der Waals surface area contributed by atoms with Gasteiger partial charge in [-0.3, -0.25) is 9.69 Å². The van der Waals surface area contributed by atoms with Gasteiger partial charge in [0.15, 0.2) is 0 Å². The topological polar surface area (TPSA) is 49.8 Å². The number of carbonyl (C=O) groups is 1. The first kappa shape index (κ1) is 14.4. The molecule has 0 aliphatic heterocycles. The molecule has 90 valence electrons. The average Bonchev–Trinajstić information content (AvgIpc) is 2.22. The molecule has 15 heavy (non-hydrogen) atoms. The van der Waals surface area contributed by atoms with Crippen molar-refractivity contribution >= 4 is 5.97 Å². The number of aliphatic carboxylic acids is 1. The van der Waals surface area contributed by atoms with E-state index in [2.05, 4.69) is 0 Å². The molecule has 0 heterocycles. The molecular weight excluding hydrogens is 194 g/mol. The van der Waals surface area contributed by atoms with Crippen molar-refractivity contribution in [2.24, 2.45) is 0 Å². The van der Waals surface area contributed by atoms with Gasteiger partial charge in [0.1, 0.15) is 6.04 Å². The lowest BCUT2D eigenvalue weighted by molar-refractivity contribution is -0.143. The minimum Gasteiger partial charge on any atom is -0.480 e. The van der Waals surface area contributed by atoms with Crippen molar-refractivity contribution in [2.75, 3.05) is 26.3 Å². The normalized spacial score (nSPS) is 13.1. The van der Waals surface area contributed by atoms with E-state index in [4.69, 9.17) is 9.84 Å². The number of ether oxygens (including phenoxy) is 1. The Bertz CT molecular complexity index is 173. The van der Waals surface area contributed by atoms with E-state index < -0.39 is 5.97 Å². The molecular formula is C11H23NO3. The number of hydrogen-bond donors (Lipinski definition) is 1. The smallest absolute Gasteiger partial charge is 0.320 e. The lowest BCUT2D eigenvalue weighted by atomic mass is 10.1. The Morgan fingerprint density at radius 1 is 1.40 bits per heavy atom. The van der Waals surface area contributed by atoms with Crippen molar-refractivity contribution in [1.82, 2.24) is 4.90 Å². The number of nitrogens with zero attached hydrogens (tertiary/aromatic N) is 1. The Morgan fingerprint density at radius 2 is 2.07 bits per heavy atom. The summed E-state index contributed by atoms with van der Waals surface area (Å²) in [6.45, 7) is 8.67. The van der Waals surface area contributed by atoms with E-state index in [-0.39, 0.29) is 6.04 Å². The van der Waals surface area contributed by atoms with Crippen LogP contribution in [0.25, 0.3) is 0 Å². The van der Waals surface area contributed by atoms with Crippen molar-refractivity contribution in [1.29, 1.82) is 0 Å². The fourth-order valence-electron chi connectivity index (χ4n) is 1.60. The van der Waals surface area contributed by atoms with Gasteiger partial charge in [0.25, 0.3) is 0 Å². The predicted molar refractivity (Wildman–Crippen MR) is 60.1 cm³/mol. The molecule has 0 radical (unpaired) electrons. The van der Waals surface area contributed by atoms with E-state index in [0.717, 1.165) is 13.0 Å². The van der Waals surface area contributed by atoms with Crippen molar-refractivity contribution in [3.05, 3.63) is 0 Å². The number of carboxylic acids is 1. The quantitative estimate of drug-likeness (QED) is 0.596. The number of likely N-dealkylation sites (N-methyl/N-ethyl adjacent to an activating group) is 1. The van der Waals surface area contributed by atoms with Crippen LogP contribution in [0, 0.1) is 0 Å². The van der Waals surface area contributed by atoms with Crippen LogP contribution < -0.4 is 0 Å². The molecule has 4 heteroatoms. The molecule has 1 unspecified atom stereocenters. The summed E-state index contributed by atoms with van der Waals surface area (Å²) in [5.41, 5.74) is 0. The summed E-state index contributed by atoms with van der Waals surface area (Å²) in [7, 11) is 0. The van der Waals surface area contributed by atoms with Crippen LogP contribution in [0.3, 0.4) is 0 Å². The highest BCUT2D eigenvalue weighted by molar-refractivity contribution is 5.73. The van der Waals surface area contributed by atoms with E-state index in [1.165, 1.54) is 0 Å². The molecule has 0 rings (SSSR count). The molecule has 0 aromatic carbocycles. The molecule has 0 aromatic rings. The Hall–Kier alpha value is -0.610. The van der Waals surface area contributed by atoms with Crippen LogP contribution in [0.4, 0.5) is 0 Å². The number of rotatable bonds is 9. The van der Waals surface area contributed by atoms with Gasteiger partial charge >= 0.3 is 5.97 Å². The van der Waals surface area contributed by atoms with Crippen molar-refractivity contribution < 1.29 is 14.6 Å². The SMILES string of the molecule is CCCC(C(=O)O)N(CC)CCOCC. The zero-order valence-electron chi connectivity index (χ0n) is 10.0. The highest BCUT2D eigenvalue weighted by Gasteiger charge is 2.22. The largest absolute Gasteiger partial charge is 0.480 e. The van der Waals surface area contributed by atoms with Crippen LogP contribution >= 0.6 is 0 Å². The third-order valence-electron chi connectivity index (χ3n) is 2.42. The molecule has 0 saturated heterocycles. The van der Waals surface area contributed by atoms with Crippen LogP contribution in [0.2, 0.25) is 0 Å². The summed E-state index contributed by atoms with van der Waals surface area (Å²) < 4.78 is 5.24. The summed E-state index contributed by atoms with van der Waals surface area (Å²) in [6.07, 6.45) is 1.59. The maximum absolute atomic E-state index is 11.0. The van der Waals surface area contributed by atoms with E-state index in [1.807, 2.05) is 25.7 Å². The van der Waals surface area contributed by atoms with Gasteiger partial charge in [-0.2, -0.15) is 0 Å². The lowest BCUT2D eigenvalue weighted by Gasteiger charge is -2.27. The van der Waals surface area contributed by atoms with Crippen LogP contribution in [0.15, 0.2) is 0 Å². The van der Waals surface area contributed by atoms with Crippen LogP contribution in [0.1, 0.15) is 33.6 Å². The standard InChI is InChI=1S/C11H23NO3/c1-4-7-10(11(13)14)12(5-2)8-9-15-6-3/h10H,4-9H2,1-3H3,(H,13,14). The molecule has 0 fully saturated rings. The summed E-state index contributed by atoms with van der Waals surface area (Å²) >= 11 is 0.